The molecule has 0 amide bonds. The zero-order valence-corrected chi connectivity index (χ0v) is 17.3. The first-order valence-corrected chi connectivity index (χ1v) is 10.8. The molecule has 2 aromatic rings. The molecule has 1 aliphatic heterocycles. The Kier molecular flexibility index (Phi) is 7.31. The largest absolute Gasteiger partial charge is 0.495 e. The summed E-state index contributed by atoms with van der Waals surface area (Å²) in [5, 5.41) is 3.36. The van der Waals surface area contributed by atoms with Crippen LogP contribution in [0.3, 0.4) is 0 Å². The summed E-state index contributed by atoms with van der Waals surface area (Å²) in [7, 11) is 2.50. The molecule has 1 saturated heterocycles. The third-order valence-electron chi connectivity index (χ3n) is 4.79. The summed E-state index contributed by atoms with van der Waals surface area (Å²) in [5.41, 5.74) is 1.13. The van der Waals surface area contributed by atoms with Crippen LogP contribution in [-0.4, -0.2) is 67.7 Å². The summed E-state index contributed by atoms with van der Waals surface area (Å²) in [6.07, 6.45) is 0. The second kappa shape index (κ2) is 10.1. The van der Waals surface area contributed by atoms with Crippen molar-refractivity contribution in [2.45, 2.75) is 4.90 Å². The topological polar surface area (TPSA) is 57.2 Å². The summed E-state index contributed by atoms with van der Waals surface area (Å²) < 4.78 is 17.8. The Balaban J connectivity index is 1.49. The highest BCUT2D eigenvalue weighted by atomic mass is 32.2. The lowest BCUT2D eigenvalue weighted by molar-refractivity contribution is 0.368. The first-order valence-electron chi connectivity index (χ1n) is 9.50. The van der Waals surface area contributed by atoms with Crippen LogP contribution in [0.1, 0.15) is 0 Å². The number of nitrogens with one attached hydrogen (secondary N) is 1. The van der Waals surface area contributed by atoms with Gasteiger partial charge in [-0.15, -0.1) is 0 Å². The number of methoxy groups -OCH3 is 1. The molecule has 3 rings (SSSR count). The van der Waals surface area contributed by atoms with Crippen LogP contribution >= 0.6 is 0 Å². The highest BCUT2D eigenvalue weighted by Crippen LogP contribution is 2.28. The fourth-order valence-corrected chi connectivity index (χ4v) is 4.31. The van der Waals surface area contributed by atoms with Gasteiger partial charge in [0.2, 0.25) is 0 Å². The fraction of sp³-hybridized carbons (Fsp3) is 0.381. The number of nitrogens with zero attached hydrogens (tertiary/aromatic N) is 3. The molecule has 0 aliphatic carbocycles. The molecule has 7 heteroatoms. The van der Waals surface area contributed by atoms with E-state index in [1.807, 2.05) is 48.5 Å². The molecule has 28 heavy (non-hydrogen) atoms. The van der Waals surface area contributed by atoms with Crippen molar-refractivity contribution in [3.8, 4) is 5.75 Å². The Labute approximate surface area is 169 Å². The van der Waals surface area contributed by atoms with Gasteiger partial charge in [-0.05, 0) is 24.3 Å². The van der Waals surface area contributed by atoms with Gasteiger partial charge >= 0.3 is 0 Å². The number of rotatable bonds is 6. The summed E-state index contributed by atoms with van der Waals surface area (Å²) in [5.74, 6) is 2.33. The molecule has 1 atom stereocenters. The minimum absolute atomic E-state index is 0.560. The van der Waals surface area contributed by atoms with Gasteiger partial charge in [0, 0.05) is 50.4 Å². The van der Waals surface area contributed by atoms with E-state index in [0.717, 1.165) is 48.5 Å². The molecule has 1 unspecified atom stereocenters. The molecule has 1 aliphatic rings. The van der Waals surface area contributed by atoms with Crippen LogP contribution in [-0.2, 0) is 10.8 Å². The number of guanidine groups is 1. The SMILES string of the molecule is CN=C(NCCS(=O)c1ccccc1)N1CCN(c2ccccc2OC)CC1. The zero-order valence-electron chi connectivity index (χ0n) is 16.5. The molecule has 0 saturated carbocycles. The standard InChI is InChI=1S/C21H28N4O2S/c1-22-21(23-12-17-28(26)18-8-4-3-5-9-18)25-15-13-24(14-16-25)19-10-6-7-11-20(19)27-2/h3-11H,12-17H2,1-2H3,(H,22,23). The van der Waals surface area contributed by atoms with Gasteiger partial charge in [-0.3, -0.25) is 9.20 Å². The molecule has 0 radical (unpaired) electrons. The molecule has 2 aromatic carbocycles. The second-order valence-corrected chi connectivity index (χ2v) is 8.05. The molecule has 150 valence electrons. The number of ether oxygens (including phenoxy) is 1. The molecule has 0 aromatic heterocycles. The minimum atomic E-state index is -0.999. The summed E-state index contributed by atoms with van der Waals surface area (Å²) >= 11 is 0. The smallest absolute Gasteiger partial charge is 0.193 e. The lowest BCUT2D eigenvalue weighted by Gasteiger charge is -2.38. The van der Waals surface area contributed by atoms with Gasteiger partial charge in [-0.2, -0.15) is 0 Å². The van der Waals surface area contributed by atoms with Gasteiger partial charge < -0.3 is 19.9 Å². The number of benzene rings is 2. The third kappa shape index (κ3) is 5.04. The molecule has 6 nitrogen and oxygen atoms in total. The van der Waals surface area contributed by atoms with Crippen molar-refractivity contribution in [2.75, 3.05) is 57.5 Å². The summed E-state index contributed by atoms with van der Waals surface area (Å²) in [4.78, 5) is 9.86. The Morgan fingerprint density at radius 2 is 1.75 bits per heavy atom. The molecular formula is C21H28N4O2S. The van der Waals surface area contributed by atoms with E-state index < -0.39 is 10.8 Å². The maximum absolute atomic E-state index is 12.4. The first kappa shape index (κ1) is 20.2. The van der Waals surface area contributed by atoms with Crippen molar-refractivity contribution in [3.05, 3.63) is 54.6 Å². The van der Waals surface area contributed by atoms with Crippen molar-refractivity contribution in [1.29, 1.82) is 0 Å². The van der Waals surface area contributed by atoms with Crippen LogP contribution in [0.2, 0.25) is 0 Å². The Morgan fingerprint density at radius 1 is 1.07 bits per heavy atom. The Bertz CT molecular complexity index is 805. The van der Waals surface area contributed by atoms with Gasteiger partial charge in [0.15, 0.2) is 5.96 Å². The number of piperazine rings is 1. The van der Waals surface area contributed by atoms with Gasteiger partial charge in [0.05, 0.1) is 23.6 Å². The number of hydrogen-bond acceptors (Lipinski definition) is 4. The average molecular weight is 401 g/mol. The highest BCUT2D eigenvalue weighted by Gasteiger charge is 2.21. The van der Waals surface area contributed by atoms with E-state index in [2.05, 4.69) is 26.2 Å². The van der Waals surface area contributed by atoms with Crippen LogP contribution in [0.4, 0.5) is 5.69 Å². The predicted molar refractivity (Wildman–Crippen MR) is 116 cm³/mol. The van der Waals surface area contributed by atoms with Crippen molar-refractivity contribution >= 4 is 22.4 Å². The van der Waals surface area contributed by atoms with Crippen LogP contribution in [0.15, 0.2) is 64.5 Å². The fourth-order valence-electron chi connectivity index (χ4n) is 3.33. The van der Waals surface area contributed by atoms with Crippen LogP contribution in [0, 0.1) is 0 Å². The third-order valence-corrected chi connectivity index (χ3v) is 6.17. The maximum atomic E-state index is 12.4. The van der Waals surface area contributed by atoms with E-state index in [0.29, 0.717) is 12.3 Å². The van der Waals surface area contributed by atoms with E-state index in [1.165, 1.54) is 0 Å². The second-order valence-electron chi connectivity index (χ2n) is 6.48. The van der Waals surface area contributed by atoms with Gasteiger partial charge in [0.25, 0.3) is 0 Å². The molecule has 0 spiro atoms. The molecule has 0 bridgehead atoms. The number of hydrogen-bond donors (Lipinski definition) is 1. The van der Waals surface area contributed by atoms with E-state index in [9.17, 15) is 4.21 Å². The number of para-hydroxylation sites is 2. The van der Waals surface area contributed by atoms with Gasteiger partial charge in [-0.25, -0.2) is 0 Å². The maximum Gasteiger partial charge on any atom is 0.193 e. The molecule has 1 N–H and O–H groups in total. The first-order chi connectivity index (χ1) is 13.7. The minimum Gasteiger partial charge on any atom is -0.495 e. The van der Waals surface area contributed by atoms with Crippen LogP contribution < -0.4 is 15.0 Å². The van der Waals surface area contributed by atoms with Crippen molar-refractivity contribution in [2.24, 2.45) is 4.99 Å². The Morgan fingerprint density at radius 3 is 2.43 bits per heavy atom. The summed E-state index contributed by atoms with van der Waals surface area (Å²) in [6.45, 7) is 4.17. The highest BCUT2D eigenvalue weighted by molar-refractivity contribution is 7.85. The monoisotopic (exact) mass is 400 g/mol. The van der Waals surface area contributed by atoms with E-state index >= 15 is 0 Å². The Hall–Kier alpha value is -2.54. The molecular weight excluding hydrogens is 372 g/mol. The molecule has 1 heterocycles. The summed E-state index contributed by atoms with van der Waals surface area (Å²) in [6, 6.07) is 17.7. The quantitative estimate of drug-likeness (QED) is 0.595. The predicted octanol–water partition coefficient (Wildman–Crippen LogP) is 2.20. The van der Waals surface area contributed by atoms with Crippen LogP contribution in [0.25, 0.3) is 0 Å². The van der Waals surface area contributed by atoms with E-state index in [1.54, 1.807) is 14.2 Å². The number of anilines is 1. The average Bonchev–Trinajstić information content (AvgIpc) is 2.77. The number of aliphatic imine (C=N–C) groups is 1. The van der Waals surface area contributed by atoms with Crippen molar-refractivity contribution < 1.29 is 8.95 Å². The van der Waals surface area contributed by atoms with Crippen molar-refractivity contribution in [3.63, 3.8) is 0 Å². The zero-order chi connectivity index (χ0) is 19.8. The van der Waals surface area contributed by atoms with Gasteiger partial charge in [-0.1, -0.05) is 30.3 Å². The lowest BCUT2D eigenvalue weighted by atomic mass is 10.2. The lowest BCUT2D eigenvalue weighted by Crippen LogP contribution is -2.53. The van der Waals surface area contributed by atoms with Crippen molar-refractivity contribution in [1.82, 2.24) is 10.2 Å². The van der Waals surface area contributed by atoms with Crippen LogP contribution in [0.5, 0.6) is 5.75 Å². The molecule has 1 fully saturated rings. The van der Waals surface area contributed by atoms with E-state index in [4.69, 9.17) is 4.74 Å². The normalized spacial score (nSPS) is 16.0. The van der Waals surface area contributed by atoms with Gasteiger partial charge in [0.1, 0.15) is 5.75 Å². The van der Waals surface area contributed by atoms with E-state index in [-0.39, 0.29) is 0 Å².